The lowest BCUT2D eigenvalue weighted by atomic mass is 10.1. The van der Waals surface area contributed by atoms with Gasteiger partial charge in [-0.2, -0.15) is 0 Å². The fourth-order valence-electron chi connectivity index (χ4n) is 2.95. The number of aromatic amines is 1. The van der Waals surface area contributed by atoms with Gasteiger partial charge in [0.2, 0.25) is 0 Å². The first-order chi connectivity index (χ1) is 9.81. The molecule has 1 aromatic carbocycles. The van der Waals surface area contributed by atoms with Gasteiger partial charge in [0, 0.05) is 30.7 Å². The van der Waals surface area contributed by atoms with Crippen LogP contribution < -0.4 is 4.90 Å². The van der Waals surface area contributed by atoms with Crippen LogP contribution in [0.25, 0.3) is 11.0 Å². The maximum Gasteiger partial charge on any atom is 0.0931 e. The number of anilines is 1. The van der Waals surface area contributed by atoms with Gasteiger partial charge >= 0.3 is 0 Å². The Morgan fingerprint density at radius 1 is 1.20 bits per heavy atom. The van der Waals surface area contributed by atoms with Crippen LogP contribution in [0.15, 0.2) is 22.9 Å². The molecule has 1 N–H and O–H groups in total. The molecule has 0 bridgehead atoms. The Hall–Kier alpha value is -1.11. The Morgan fingerprint density at radius 2 is 2.00 bits per heavy atom. The summed E-state index contributed by atoms with van der Waals surface area (Å²) in [6, 6.07) is 4.93. The first-order valence-electron chi connectivity index (χ1n) is 7.00. The number of rotatable bonds is 2. The molecule has 1 aromatic heterocycles. The number of nitrogens with zero attached hydrogens (tertiary/aromatic N) is 3. The van der Waals surface area contributed by atoms with E-state index in [-0.39, 0.29) is 0 Å². The second kappa shape index (κ2) is 5.02. The highest BCUT2D eigenvalue weighted by Gasteiger charge is 2.29. The molecule has 2 fully saturated rings. The normalized spacial score (nSPS) is 21.4. The van der Waals surface area contributed by atoms with Gasteiger partial charge in [0.05, 0.1) is 42.3 Å². The largest absolute Gasteiger partial charge is 0.378 e. The summed E-state index contributed by atoms with van der Waals surface area (Å²) < 4.78 is 6.41. The predicted octanol–water partition coefficient (Wildman–Crippen LogP) is 1.85. The Balaban J connectivity index is 1.53. The molecular weight excluding hydrogens is 320 g/mol. The predicted molar refractivity (Wildman–Crippen MR) is 82.2 cm³/mol. The van der Waals surface area contributed by atoms with E-state index < -0.39 is 0 Å². The van der Waals surface area contributed by atoms with Gasteiger partial charge in [0.1, 0.15) is 0 Å². The highest BCUT2D eigenvalue weighted by molar-refractivity contribution is 9.10. The summed E-state index contributed by atoms with van der Waals surface area (Å²) in [6.45, 7) is 6.17. The van der Waals surface area contributed by atoms with E-state index in [1.165, 1.54) is 5.69 Å². The van der Waals surface area contributed by atoms with Crippen molar-refractivity contribution >= 4 is 32.7 Å². The summed E-state index contributed by atoms with van der Waals surface area (Å²) in [5.74, 6) is 0. The fourth-order valence-corrected chi connectivity index (χ4v) is 3.53. The van der Waals surface area contributed by atoms with Crippen molar-refractivity contribution in [2.45, 2.75) is 6.04 Å². The zero-order valence-corrected chi connectivity index (χ0v) is 12.8. The molecule has 2 aliphatic heterocycles. The minimum Gasteiger partial charge on any atom is -0.378 e. The lowest BCUT2D eigenvalue weighted by Crippen LogP contribution is -2.56. The van der Waals surface area contributed by atoms with Crippen LogP contribution in [-0.4, -0.2) is 60.3 Å². The average Bonchev–Trinajstić information content (AvgIpc) is 2.84. The van der Waals surface area contributed by atoms with E-state index in [9.17, 15) is 0 Å². The summed E-state index contributed by atoms with van der Waals surface area (Å²) in [7, 11) is 0. The molecule has 0 unspecified atom stereocenters. The van der Waals surface area contributed by atoms with Crippen LogP contribution in [0.4, 0.5) is 5.69 Å². The molecule has 2 saturated heterocycles. The molecule has 106 valence electrons. The number of benzene rings is 1. The Kier molecular flexibility index (Phi) is 3.17. The van der Waals surface area contributed by atoms with Gasteiger partial charge in [0.15, 0.2) is 0 Å². The molecule has 0 amide bonds. The summed E-state index contributed by atoms with van der Waals surface area (Å²) >= 11 is 3.68. The van der Waals surface area contributed by atoms with E-state index in [0.717, 1.165) is 54.9 Å². The monoisotopic (exact) mass is 336 g/mol. The number of nitrogens with one attached hydrogen (secondary N) is 1. The number of aromatic nitrogens is 2. The van der Waals surface area contributed by atoms with Gasteiger partial charge in [-0.05, 0) is 28.1 Å². The number of ether oxygens (including phenoxy) is 1. The van der Waals surface area contributed by atoms with Gasteiger partial charge < -0.3 is 14.6 Å². The first kappa shape index (κ1) is 12.6. The van der Waals surface area contributed by atoms with Gasteiger partial charge in [-0.25, -0.2) is 4.98 Å². The van der Waals surface area contributed by atoms with Crippen molar-refractivity contribution in [2.24, 2.45) is 0 Å². The van der Waals surface area contributed by atoms with Crippen molar-refractivity contribution in [1.29, 1.82) is 0 Å². The molecule has 3 heterocycles. The van der Waals surface area contributed by atoms with E-state index in [1.807, 2.05) is 0 Å². The summed E-state index contributed by atoms with van der Waals surface area (Å²) in [6.07, 6.45) is 1.75. The van der Waals surface area contributed by atoms with Gasteiger partial charge in [-0.3, -0.25) is 4.90 Å². The molecule has 20 heavy (non-hydrogen) atoms. The molecular formula is C14H17BrN4O. The summed E-state index contributed by atoms with van der Waals surface area (Å²) in [5.41, 5.74) is 3.36. The number of hydrogen-bond donors (Lipinski definition) is 1. The van der Waals surface area contributed by atoms with Crippen molar-refractivity contribution in [3.8, 4) is 0 Å². The maximum atomic E-state index is 5.28. The Bertz CT molecular complexity index is 617. The van der Waals surface area contributed by atoms with Crippen molar-refractivity contribution in [3.05, 3.63) is 22.9 Å². The van der Waals surface area contributed by atoms with Crippen molar-refractivity contribution in [1.82, 2.24) is 14.9 Å². The van der Waals surface area contributed by atoms with Gasteiger partial charge in [0.25, 0.3) is 0 Å². The van der Waals surface area contributed by atoms with E-state index in [2.05, 4.69) is 47.8 Å². The second-order valence-electron chi connectivity index (χ2n) is 5.44. The molecule has 2 aliphatic rings. The van der Waals surface area contributed by atoms with E-state index in [1.54, 1.807) is 6.33 Å². The number of H-pyrrole nitrogens is 1. The molecule has 0 atom stereocenters. The standard InChI is InChI=1S/C14H17BrN4O/c15-11-5-12-13(17-9-16-12)6-14(11)19-3-1-18(2-4-19)10-7-20-8-10/h5-6,9-10H,1-4,7-8H2,(H,16,17). The fraction of sp³-hybridized carbons (Fsp3) is 0.500. The molecule has 0 radical (unpaired) electrons. The average molecular weight is 337 g/mol. The third-order valence-electron chi connectivity index (χ3n) is 4.28. The van der Waals surface area contributed by atoms with Crippen LogP contribution in [0.3, 0.4) is 0 Å². The number of fused-ring (bicyclic) bond motifs is 1. The molecule has 6 heteroatoms. The van der Waals surface area contributed by atoms with Crippen molar-refractivity contribution in [2.75, 3.05) is 44.3 Å². The Morgan fingerprint density at radius 3 is 2.70 bits per heavy atom. The third-order valence-corrected chi connectivity index (χ3v) is 4.92. The minimum atomic E-state index is 0.649. The molecule has 0 spiro atoms. The minimum absolute atomic E-state index is 0.649. The topological polar surface area (TPSA) is 44.4 Å². The lowest BCUT2D eigenvalue weighted by Gasteiger charge is -2.43. The van der Waals surface area contributed by atoms with Gasteiger partial charge in [-0.1, -0.05) is 0 Å². The summed E-state index contributed by atoms with van der Waals surface area (Å²) in [4.78, 5) is 12.5. The Labute approximate surface area is 126 Å². The van der Waals surface area contributed by atoms with E-state index >= 15 is 0 Å². The van der Waals surface area contributed by atoms with Crippen LogP contribution in [-0.2, 0) is 4.74 Å². The molecule has 2 aromatic rings. The molecule has 5 nitrogen and oxygen atoms in total. The molecule has 0 saturated carbocycles. The second-order valence-corrected chi connectivity index (χ2v) is 6.29. The highest BCUT2D eigenvalue weighted by Crippen LogP contribution is 2.31. The van der Waals surface area contributed by atoms with Crippen molar-refractivity contribution < 1.29 is 4.74 Å². The number of piperazine rings is 1. The van der Waals surface area contributed by atoms with Crippen LogP contribution in [0.1, 0.15) is 0 Å². The van der Waals surface area contributed by atoms with E-state index in [0.29, 0.717) is 6.04 Å². The van der Waals surface area contributed by atoms with Crippen LogP contribution >= 0.6 is 15.9 Å². The molecule has 4 rings (SSSR count). The van der Waals surface area contributed by atoms with Crippen LogP contribution in [0.2, 0.25) is 0 Å². The zero-order chi connectivity index (χ0) is 13.5. The smallest absolute Gasteiger partial charge is 0.0931 e. The number of imidazole rings is 1. The SMILES string of the molecule is Brc1cc2nc[nH]c2cc1N1CCN(C2COC2)CC1. The zero-order valence-electron chi connectivity index (χ0n) is 11.2. The van der Waals surface area contributed by atoms with Crippen LogP contribution in [0.5, 0.6) is 0 Å². The van der Waals surface area contributed by atoms with Crippen LogP contribution in [0, 0.1) is 0 Å². The molecule has 0 aliphatic carbocycles. The summed E-state index contributed by atoms with van der Waals surface area (Å²) in [5, 5.41) is 0. The van der Waals surface area contributed by atoms with Gasteiger partial charge in [-0.15, -0.1) is 0 Å². The van der Waals surface area contributed by atoms with Crippen molar-refractivity contribution in [3.63, 3.8) is 0 Å². The first-order valence-corrected chi connectivity index (χ1v) is 7.80. The maximum absolute atomic E-state index is 5.28. The number of hydrogen-bond acceptors (Lipinski definition) is 4. The highest BCUT2D eigenvalue weighted by atomic mass is 79.9. The number of halogens is 1. The lowest BCUT2D eigenvalue weighted by molar-refractivity contribution is -0.0660. The van der Waals surface area contributed by atoms with E-state index in [4.69, 9.17) is 4.74 Å². The quantitative estimate of drug-likeness (QED) is 0.908. The third kappa shape index (κ3) is 2.12.